The molecule has 0 amide bonds. The number of thioether (sulfide) groups is 1. The first kappa shape index (κ1) is 12.0. The van der Waals surface area contributed by atoms with Crippen LogP contribution in [0.4, 0.5) is 0 Å². The van der Waals surface area contributed by atoms with Crippen molar-refractivity contribution in [3.8, 4) is 6.07 Å². The average molecular weight is 246 g/mol. The third-order valence-electron chi connectivity index (χ3n) is 2.39. The molecule has 5 heteroatoms. The van der Waals surface area contributed by atoms with E-state index in [2.05, 4.69) is 21.3 Å². The van der Waals surface area contributed by atoms with Gasteiger partial charge in [-0.15, -0.1) is 0 Å². The molecule has 0 unspecified atom stereocenters. The third kappa shape index (κ3) is 3.48. The summed E-state index contributed by atoms with van der Waals surface area (Å²) in [5.74, 6) is 0.838. The van der Waals surface area contributed by atoms with Gasteiger partial charge in [0.1, 0.15) is 0 Å². The normalized spacial score (nSPS) is 15.9. The highest BCUT2D eigenvalue weighted by Gasteiger charge is 2.08. The summed E-state index contributed by atoms with van der Waals surface area (Å²) in [6.45, 7) is 1.58. The number of amidine groups is 1. The van der Waals surface area contributed by atoms with Crippen LogP contribution in [0.5, 0.6) is 0 Å². The quantitative estimate of drug-likeness (QED) is 0.861. The molecule has 1 N–H and O–H groups in total. The third-order valence-corrected chi connectivity index (χ3v) is 3.41. The maximum Gasteiger partial charge on any atom is 0.159 e. The Hall–Kier alpha value is -1.51. The molecule has 88 valence electrons. The van der Waals surface area contributed by atoms with Crippen molar-refractivity contribution in [3.63, 3.8) is 0 Å². The summed E-state index contributed by atoms with van der Waals surface area (Å²) in [6.07, 6.45) is 0. The van der Waals surface area contributed by atoms with E-state index in [1.807, 2.05) is 31.3 Å². The van der Waals surface area contributed by atoms with E-state index in [9.17, 15) is 0 Å². The summed E-state index contributed by atoms with van der Waals surface area (Å²) in [4.78, 5) is 6.50. The summed E-state index contributed by atoms with van der Waals surface area (Å²) in [5.41, 5.74) is 1.86. The van der Waals surface area contributed by atoms with Gasteiger partial charge < -0.3 is 5.32 Å². The topological polar surface area (TPSA) is 51.4 Å². The molecule has 0 fully saturated rings. The van der Waals surface area contributed by atoms with E-state index in [4.69, 9.17) is 5.26 Å². The zero-order valence-electron chi connectivity index (χ0n) is 9.68. The van der Waals surface area contributed by atoms with Crippen LogP contribution in [0.2, 0.25) is 0 Å². The monoisotopic (exact) mass is 246 g/mol. The van der Waals surface area contributed by atoms with Crippen LogP contribution in [0.15, 0.2) is 29.3 Å². The van der Waals surface area contributed by atoms with E-state index in [-0.39, 0.29) is 0 Å². The van der Waals surface area contributed by atoms with E-state index >= 15 is 0 Å². The van der Waals surface area contributed by atoms with Crippen LogP contribution < -0.4 is 5.32 Å². The van der Waals surface area contributed by atoms with Crippen molar-refractivity contribution >= 4 is 16.9 Å². The first-order valence-electron chi connectivity index (χ1n) is 5.36. The lowest BCUT2D eigenvalue weighted by atomic mass is 10.2. The predicted molar refractivity (Wildman–Crippen MR) is 70.5 cm³/mol. The fourth-order valence-corrected chi connectivity index (χ4v) is 2.27. The van der Waals surface area contributed by atoms with Crippen molar-refractivity contribution in [2.24, 2.45) is 4.99 Å². The van der Waals surface area contributed by atoms with Crippen molar-refractivity contribution in [1.82, 2.24) is 10.2 Å². The molecule has 2 rings (SSSR count). The number of benzene rings is 1. The lowest BCUT2D eigenvalue weighted by Crippen LogP contribution is -2.39. The predicted octanol–water partition coefficient (Wildman–Crippen LogP) is 1.60. The van der Waals surface area contributed by atoms with E-state index in [1.54, 1.807) is 11.8 Å². The smallest absolute Gasteiger partial charge is 0.159 e. The first-order valence-corrected chi connectivity index (χ1v) is 6.35. The fourth-order valence-electron chi connectivity index (χ4n) is 1.47. The number of nitrogens with zero attached hydrogens (tertiary/aromatic N) is 3. The summed E-state index contributed by atoms with van der Waals surface area (Å²) in [6, 6.07) is 9.83. The van der Waals surface area contributed by atoms with Gasteiger partial charge in [0.25, 0.3) is 0 Å². The largest absolute Gasteiger partial charge is 0.352 e. The summed E-state index contributed by atoms with van der Waals surface area (Å²) < 4.78 is 0. The SMILES string of the molecule is CN1CN=C(SCc2cccc(C#N)c2)NC1. The van der Waals surface area contributed by atoms with Crippen LogP contribution in [-0.2, 0) is 5.75 Å². The Balaban J connectivity index is 1.92. The molecule has 1 aromatic carbocycles. The van der Waals surface area contributed by atoms with Gasteiger partial charge in [0.15, 0.2) is 5.17 Å². The number of aliphatic imine (C=N–C) groups is 1. The van der Waals surface area contributed by atoms with Crippen molar-refractivity contribution in [2.45, 2.75) is 5.75 Å². The molecule has 0 aromatic heterocycles. The Morgan fingerprint density at radius 1 is 1.59 bits per heavy atom. The van der Waals surface area contributed by atoms with Crippen molar-refractivity contribution < 1.29 is 0 Å². The molecule has 0 radical (unpaired) electrons. The fraction of sp³-hybridized carbons (Fsp3) is 0.333. The Morgan fingerprint density at radius 3 is 3.18 bits per heavy atom. The molecule has 17 heavy (non-hydrogen) atoms. The van der Waals surface area contributed by atoms with E-state index < -0.39 is 0 Å². The van der Waals surface area contributed by atoms with E-state index in [1.165, 1.54) is 0 Å². The van der Waals surface area contributed by atoms with E-state index in [0.29, 0.717) is 5.56 Å². The van der Waals surface area contributed by atoms with Crippen LogP contribution in [-0.4, -0.2) is 30.5 Å². The molecule has 0 aliphatic carbocycles. The second-order valence-electron chi connectivity index (χ2n) is 3.90. The minimum atomic E-state index is 0.710. The van der Waals surface area contributed by atoms with Crippen LogP contribution in [0.25, 0.3) is 0 Å². The highest BCUT2D eigenvalue weighted by atomic mass is 32.2. The summed E-state index contributed by atoms with van der Waals surface area (Å²) in [5, 5.41) is 13.0. The Morgan fingerprint density at radius 2 is 2.47 bits per heavy atom. The van der Waals surface area contributed by atoms with Crippen LogP contribution in [0.1, 0.15) is 11.1 Å². The Kier molecular flexibility index (Phi) is 4.02. The molecule has 1 aliphatic heterocycles. The number of hydrogen-bond donors (Lipinski definition) is 1. The zero-order chi connectivity index (χ0) is 12.1. The molecular formula is C12H14N4S. The lowest BCUT2D eigenvalue weighted by Gasteiger charge is -2.22. The van der Waals surface area contributed by atoms with Gasteiger partial charge in [0.05, 0.1) is 25.0 Å². The summed E-state index contributed by atoms with van der Waals surface area (Å²) >= 11 is 1.67. The highest BCUT2D eigenvalue weighted by Crippen LogP contribution is 2.15. The lowest BCUT2D eigenvalue weighted by molar-refractivity contribution is 0.326. The molecule has 0 atom stereocenters. The van der Waals surface area contributed by atoms with Gasteiger partial charge in [-0.05, 0) is 24.7 Å². The van der Waals surface area contributed by atoms with Gasteiger partial charge in [-0.3, -0.25) is 4.90 Å². The first-order chi connectivity index (χ1) is 8.28. The van der Waals surface area contributed by atoms with Gasteiger partial charge in [0.2, 0.25) is 0 Å². The number of rotatable bonds is 2. The Bertz CT molecular complexity index is 464. The van der Waals surface area contributed by atoms with Gasteiger partial charge in [0, 0.05) is 5.75 Å². The molecule has 0 bridgehead atoms. The minimum absolute atomic E-state index is 0.710. The van der Waals surface area contributed by atoms with Crippen molar-refractivity contribution in [1.29, 1.82) is 5.26 Å². The standard InChI is InChI=1S/C12H14N4S/c1-16-8-14-12(15-9-16)17-7-11-4-2-3-10(5-11)6-13/h2-5H,7-9H2,1H3,(H,14,15). The number of nitriles is 1. The number of nitrogens with one attached hydrogen (secondary N) is 1. The molecule has 0 spiro atoms. The number of hydrogen-bond acceptors (Lipinski definition) is 5. The van der Waals surface area contributed by atoms with Gasteiger partial charge >= 0.3 is 0 Å². The van der Waals surface area contributed by atoms with Crippen molar-refractivity contribution in [2.75, 3.05) is 20.4 Å². The zero-order valence-corrected chi connectivity index (χ0v) is 10.5. The van der Waals surface area contributed by atoms with Crippen LogP contribution in [0, 0.1) is 11.3 Å². The molecular weight excluding hydrogens is 232 g/mol. The second-order valence-corrected chi connectivity index (χ2v) is 4.86. The van der Waals surface area contributed by atoms with Gasteiger partial charge in [-0.25, -0.2) is 4.99 Å². The highest BCUT2D eigenvalue weighted by molar-refractivity contribution is 8.13. The maximum atomic E-state index is 8.81. The second kappa shape index (κ2) is 5.71. The molecule has 1 aromatic rings. The van der Waals surface area contributed by atoms with Crippen LogP contribution in [0.3, 0.4) is 0 Å². The molecule has 0 saturated carbocycles. The Labute approximate surface area is 105 Å². The molecule has 1 heterocycles. The van der Waals surface area contributed by atoms with Crippen molar-refractivity contribution in [3.05, 3.63) is 35.4 Å². The maximum absolute atomic E-state index is 8.81. The van der Waals surface area contributed by atoms with E-state index in [0.717, 1.165) is 29.8 Å². The van der Waals surface area contributed by atoms with Gasteiger partial charge in [-0.1, -0.05) is 23.9 Å². The summed E-state index contributed by atoms with van der Waals surface area (Å²) in [7, 11) is 2.02. The van der Waals surface area contributed by atoms with Crippen LogP contribution >= 0.6 is 11.8 Å². The van der Waals surface area contributed by atoms with Gasteiger partial charge in [-0.2, -0.15) is 5.26 Å². The molecule has 4 nitrogen and oxygen atoms in total. The molecule has 0 saturated heterocycles. The molecule has 1 aliphatic rings. The average Bonchev–Trinajstić information content (AvgIpc) is 2.38. The minimum Gasteiger partial charge on any atom is -0.352 e.